The van der Waals surface area contributed by atoms with Crippen LogP contribution in [0.4, 0.5) is 22.9 Å². The molecule has 0 atom stereocenters. The number of aromatic nitrogens is 2. The maximum atomic E-state index is 12.3. The molecule has 0 fully saturated rings. The molecule has 4 N–H and O–H groups in total. The minimum absolute atomic E-state index is 0.00106. The van der Waals surface area contributed by atoms with E-state index in [1.54, 1.807) is 36.4 Å². The van der Waals surface area contributed by atoms with Crippen LogP contribution in [0.15, 0.2) is 54.7 Å². The maximum Gasteiger partial charge on any atom is 0.228 e. The highest BCUT2D eigenvalue weighted by atomic mass is 35.5. The monoisotopic (exact) mass is 419 g/mol. The number of nitrogens with one attached hydrogen (secondary N) is 2. The first kappa shape index (κ1) is 19.8. The summed E-state index contributed by atoms with van der Waals surface area (Å²) in [4.78, 5) is 20.1. The Kier molecular flexibility index (Phi) is 6.27. The first-order valence-corrected chi connectivity index (χ1v) is 8.78. The van der Waals surface area contributed by atoms with Crippen LogP contribution in [0.25, 0.3) is 0 Å². The summed E-state index contributed by atoms with van der Waals surface area (Å²) in [6, 6.07) is 13.3. The van der Waals surface area contributed by atoms with Crippen molar-refractivity contribution < 1.29 is 15.2 Å². The van der Waals surface area contributed by atoms with Crippen LogP contribution >= 0.6 is 23.2 Å². The third-order valence-corrected chi connectivity index (χ3v) is 4.09. The predicted molar refractivity (Wildman–Crippen MR) is 107 cm³/mol. The van der Waals surface area contributed by atoms with Gasteiger partial charge in [-0.05, 0) is 47.5 Å². The van der Waals surface area contributed by atoms with E-state index in [0.29, 0.717) is 27.8 Å². The minimum atomic E-state index is -0.264. The van der Waals surface area contributed by atoms with Crippen LogP contribution in [0, 0.1) is 0 Å². The molecule has 10 heteroatoms. The van der Waals surface area contributed by atoms with Crippen LogP contribution in [0.3, 0.4) is 0 Å². The van der Waals surface area contributed by atoms with Gasteiger partial charge in [0.1, 0.15) is 5.02 Å². The lowest BCUT2D eigenvalue weighted by Crippen LogP contribution is -2.15. The molecule has 144 valence electrons. The van der Waals surface area contributed by atoms with E-state index in [9.17, 15) is 4.79 Å². The Hall–Kier alpha value is -2.91. The van der Waals surface area contributed by atoms with Crippen LogP contribution in [0.2, 0.25) is 10.3 Å². The Morgan fingerprint density at radius 3 is 2.61 bits per heavy atom. The zero-order valence-corrected chi connectivity index (χ0v) is 15.8. The zero-order valence-electron chi connectivity index (χ0n) is 14.3. The second-order valence-corrected chi connectivity index (χ2v) is 6.47. The Labute approximate surface area is 170 Å². The van der Waals surface area contributed by atoms with Crippen LogP contribution in [-0.4, -0.2) is 26.3 Å². The van der Waals surface area contributed by atoms with Crippen molar-refractivity contribution in [1.29, 1.82) is 0 Å². The molecule has 0 saturated heterocycles. The van der Waals surface area contributed by atoms with Gasteiger partial charge in [-0.15, -0.1) is 5.23 Å². The van der Waals surface area contributed by atoms with Gasteiger partial charge in [0.05, 0.1) is 18.3 Å². The number of hydrogen-bond donors (Lipinski definition) is 4. The van der Waals surface area contributed by atoms with Crippen molar-refractivity contribution in [2.45, 2.75) is 6.42 Å². The number of rotatable bonds is 6. The largest absolute Gasteiger partial charge is 0.339 e. The molecular formula is C18H15Cl2N5O3. The van der Waals surface area contributed by atoms with Crippen molar-refractivity contribution in [3.05, 3.63) is 70.6 Å². The number of carbonyl (C=O) groups excluding carboxylic acids is 1. The van der Waals surface area contributed by atoms with E-state index < -0.39 is 0 Å². The van der Waals surface area contributed by atoms with E-state index in [0.717, 1.165) is 0 Å². The molecule has 0 aliphatic heterocycles. The Bertz CT molecular complexity index is 1000. The molecule has 3 rings (SSSR count). The molecule has 0 aliphatic carbocycles. The Balaban J connectivity index is 1.68. The molecule has 0 saturated carbocycles. The van der Waals surface area contributed by atoms with Crippen molar-refractivity contribution >= 4 is 52.0 Å². The number of anilines is 4. The molecular weight excluding hydrogens is 405 g/mol. The second-order valence-electron chi connectivity index (χ2n) is 5.73. The lowest BCUT2D eigenvalue weighted by molar-refractivity contribution is -0.115. The summed E-state index contributed by atoms with van der Waals surface area (Å²) in [5, 5.41) is 24.3. The number of carbonyl (C=O) groups is 1. The van der Waals surface area contributed by atoms with E-state index in [2.05, 4.69) is 20.6 Å². The lowest BCUT2D eigenvalue weighted by Gasteiger charge is -2.11. The quantitative estimate of drug-likeness (QED) is 0.348. The molecule has 1 heterocycles. The average Bonchev–Trinajstić information content (AvgIpc) is 2.65. The molecule has 3 aromatic rings. The maximum absolute atomic E-state index is 12.3. The van der Waals surface area contributed by atoms with Gasteiger partial charge in [0.15, 0.2) is 5.82 Å². The second kappa shape index (κ2) is 8.85. The molecule has 1 aromatic heterocycles. The van der Waals surface area contributed by atoms with Gasteiger partial charge in [0.25, 0.3) is 0 Å². The third-order valence-electron chi connectivity index (χ3n) is 3.63. The van der Waals surface area contributed by atoms with Crippen molar-refractivity contribution in [2.75, 3.05) is 15.9 Å². The SMILES string of the molecule is O=C(Cc1cccc(N(O)O)c1)Nc1cccc(Nc2nc(Cl)ncc2Cl)c1. The number of hydrogen-bond acceptors (Lipinski definition) is 7. The lowest BCUT2D eigenvalue weighted by atomic mass is 10.1. The summed E-state index contributed by atoms with van der Waals surface area (Å²) in [5.74, 6) is 0.0827. The molecule has 8 nitrogen and oxygen atoms in total. The number of nitrogens with zero attached hydrogens (tertiary/aromatic N) is 3. The van der Waals surface area contributed by atoms with E-state index >= 15 is 0 Å². The first-order valence-electron chi connectivity index (χ1n) is 8.02. The Morgan fingerprint density at radius 2 is 1.82 bits per heavy atom. The highest BCUT2D eigenvalue weighted by Crippen LogP contribution is 2.25. The molecule has 0 radical (unpaired) electrons. The first-order chi connectivity index (χ1) is 13.4. The van der Waals surface area contributed by atoms with Gasteiger partial charge in [0.2, 0.25) is 11.2 Å². The highest BCUT2D eigenvalue weighted by Gasteiger charge is 2.09. The zero-order chi connectivity index (χ0) is 20.1. The van der Waals surface area contributed by atoms with Crippen molar-refractivity contribution in [2.24, 2.45) is 0 Å². The number of amides is 1. The predicted octanol–water partition coefficient (Wildman–Crippen LogP) is 4.29. The molecule has 0 aliphatic rings. The molecule has 28 heavy (non-hydrogen) atoms. The van der Waals surface area contributed by atoms with Crippen LogP contribution < -0.4 is 15.9 Å². The number of halogens is 2. The van der Waals surface area contributed by atoms with Gasteiger partial charge < -0.3 is 10.6 Å². The molecule has 0 bridgehead atoms. The van der Waals surface area contributed by atoms with Gasteiger partial charge in [-0.3, -0.25) is 15.2 Å². The van der Waals surface area contributed by atoms with Crippen LogP contribution in [0.5, 0.6) is 0 Å². The van der Waals surface area contributed by atoms with E-state index in [1.807, 2.05) is 0 Å². The van der Waals surface area contributed by atoms with Gasteiger partial charge >= 0.3 is 0 Å². The summed E-state index contributed by atoms with van der Waals surface area (Å²) in [5.41, 5.74) is 2.00. The number of benzene rings is 2. The van der Waals surface area contributed by atoms with Crippen molar-refractivity contribution in [3.8, 4) is 0 Å². The van der Waals surface area contributed by atoms with Crippen LogP contribution in [0.1, 0.15) is 5.56 Å². The van der Waals surface area contributed by atoms with Gasteiger partial charge in [-0.2, -0.15) is 4.98 Å². The topological polar surface area (TPSA) is 111 Å². The molecule has 0 spiro atoms. The minimum Gasteiger partial charge on any atom is -0.339 e. The fourth-order valence-corrected chi connectivity index (χ4v) is 2.70. The smallest absolute Gasteiger partial charge is 0.228 e. The standard InChI is InChI=1S/C18H15Cl2N5O3/c19-15-10-21-18(20)24-17(15)23-13-5-2-4-12(9-13)22-16(26)8-11-3-1-6-14(7-11)25(27)28/h1-7,9-10,27-28H,8H2,(H,22,26)(H,21,23,24). The molecule has 2 aromatic carbocycles. The third kappa shape index (κ3) is 5.30. The summed E-state index contributed by atoms with van der Waals surface area (Å²) in [6.45, 7) is 0. The summed E-state index contributed by atoms with van der Waals surface area (Å²) in [6.07, 6.45) is 1.45. The van der Waals surface area contributed by atoms with Crippen molar-refractivity contribution in [1.82, 2.24) is 9.97 Å². The summed E-state index contributed by atoms with van der Waals surface area (Å²) < 4.78 is 0. The van der Waals surface area contributed by atoms with E-state index in [-0.39, 0.29) is 28.5 Å². The van der Waals surface area contributed by atoms with Gasteiger partial charge in [0, 0.05) is 11.4 Å². The van der Waals surface area contributed by atoms with E-state index in [4.69, 9.17) is 33.6 Å². The van der Waals surface area contributed by atoms with Gasteiger partial charge in [-0.25, -0.2) is 4.98 Å². The summed E-state index contributed by atoms with van der Waals surface area (Å²) in [7, 11) is 0. The highest BCUT2D eigenvalue weighted by molar-refractivity contribution is 6.33. The fourth-order valence-electron chi connectivity index (χ4n) is 2.43. The van der Waals surface area contributed by atoms with Gasteiger partial charge in [-0.1, -0.05) is 29.8 Å². The van der Waals surface area contributed by atoms with E-state index in [1.165, 1.54) is 18.3 Å². The molecule has 1 amide bonds. The average molecular weight is 420 g/mol. The van der Waals surface area contributed by atoms with Crippen LogP contribution in [-0.2, 0) is 11.2 Å². The Morgan fingerprint density at radius 1 is 1.07 bits per heavy atom. The van der Waals surface area contributed by atoms with Crippen molar-refractivity contribution in [3.63, 3.8) is 0 Å². The summed E-state index contributed by atoms with van der Waals surface area (Å²) >= 11 is 11.8. The molecule has 0 unspecified atom stereocenters. The fraction of sp³-hybridized carbons (Fsp3) is 0.0556. The normalized spacial score (nSPS) is 10.4.